The second kappa shape index (κ2) is 7.77. The van der Waals surface area contributed by atoms with Crippen molar-refractivity contribution >= 4 is 16.0 Å². The number of aliphatic imine (C=N–C) groups is 1. The second-order valence-corrected chi connectivity index (χ2v) is 9.88. The molecule has 0 bridgehead atoms. The Kier molecular flexibility index (Phi) is 5.96. The van der Waals surface area contributed by atoms with Crippen LogP contribution in [0.2, 0.25) is 0 Å². The Labute approximate surface area is 159 Å². The molecule has 1 heterocycles. The topological polar surface area (TPSA) is 73.8 Å². The highest BCUT2D eigenvalue weighted by atomic mass is 32.2. The van der Waals surface area contributed by atoms with E-state index in [1.54, 1.807) is 0 Å². The number of nitrogens with one attached hydrogen (secondary N) is 2. The van der Waals surface area contributed by atoms with Gasteiger partial charge >= 0.3 is 15.5 Å². The van der Waals surface area contributed by atoms with E-state index >= 15 is 0 Å². The van der Waals surface area contributed by atoms with E-state index < -0.39 is 15.5 Å². The van der Waals surface area contributed by atoms with Crippen molar-refractivity contribution in [2.75, 3.05) is 26.2 Å². The molecule has 0 aromatic carbocycles. The summed E-state index contributed by atoms with van der Waals surface area (Å²) < 4.78 is 61.6. The van der Waals surface area contributed by atoms with Crippen molar-refractivity contribution in [2.45, 2.75) is 63.4 Å². The second-order valence-electron chi connectivity index (χ2n) is 7.95. The van der Waals surface area contributed by atoms with Crippen LogP contribution < -0.4 is 10.6 Å². The Hall–Kier alpha value is -1.03. The van der Waals surface area contributed by atoms with Gasteiger partial charge in [-0.15, -0.1) is 0 Å². The Morgan fingerprint density at radius 2 is 1.81 bits per heavy atom. The summed E-state index contributed by atoms with van der Waals surface area (Å²) >= 11 is 0. The maximum absolute atomic E-state index is 12.7. The van der Waals surface area contributed by atoms with Gasteiger partial charge in [0, 0.05) is 32.2 Å². The van der Waals surface area contributed by atoms with Gasteiger partial charge in [0.1, 0.15) is 0 Å². The number of halogens is 3. The number of hydrogen-bond acceptors (Lipinski definition) is 3. The minimum Gasteiger partial charge on any atom is -0.357 e. The van der Waals surface area contributed by atoms with Crippen molar-refractivity contribution in [3.05, 3.63) is 0 Å². The maximum atomic E-state index is 12.7. The van der Waals surface area contributed by atoms with E-state index in [1.165, 1.54) is 32.1 Å². The summed E-state index contributed by atoms with van der Waals surface area (Å²) in [4.78, 5) is 4.75. The third-order valence-corrected chi connectivity index (χ3v) is 7.75. The number of hydrogen-bond donors (Lipinski definition) is 2. The first-order valence-electron chi connectivity index (χ1n) is 9.79. The van der Waals surface area contributed by atoms with Gasteiger partial charge in [0.05, 0.1) is 0 Å². The molecule has 2 saturated carbocycles. The van der Waals surface area contributed by atoms with Gasteiger partial charge in [0.2, 0.25) is 0 Å². The normalized spacial score (nSPS) is 25.1. The quantitative estimate of drug-likeness (QED) is 0.521. The fourth-order valence-corrected chi connectivity index (χ4v) is 5.14. The molecule has 0 aromatic rings. The summed E-state index contributed by atoms with van der Waals surface area (Å²) in [5.41, 5.74) is -4.88. The molecule has 3 aliphatic rings. The first kappa shape index (κ1) is 20.7. The van der Waals surface area contributed by atoms with Crippen LogP contribution in [-0.4, -0.2) is 56.4 Å². The lowest BCUT2D eigenvalue weighted by molar-refractivity contribution is -0.0494. The van der Waals surface area contributed by atoms with Crippen LogP contribution >= 0.6 is 0 Å². The average molecular weight is 411 g/mol. The highest BCUT2D eigenvalue weighted by Gasteiger charge is 2.51. The van der Waals surface area contributed by atoms with Gasteiger partial charge in [-0.1, -0.05) is 6.42 Å². The van der Waals surface area contributed by atoms with Crippen molar-refractivity contribution in [3.63, 3.8) is 0 Å². The molecule has 0 atom stereocenters. The van der Waals surface area contributed by atoms with Crippen LogP contribution in [0.4, 0.5) is 13.2 Å². The van der Waals surface area contributed by atoms with Crippen LogP contribution in [0.1, 0.15) is 51.9 Å². The maximum Gasteiger partial charge on any atom is 0.511 e. The van der Waals surface area contributed by atoms with E-state index in [4.69, 9.17) is 4.99 Å². The average Bonchev–Trinajstić information content (AvgIpc) is 3.39. The molecule has 6 nitrogen and oxygen atoms in total. The number of piperidine rings is 1. The molecule has 1 aliphatic heterocycles. The fourth-order valence-electron chi connectivity index (χ4n) is 4.16. The van der Waals surface area contributed by atoms with Crippen molar-refractivity contribution in [1.82, 2.24) is 14.9 Å². The summed E-state index contributed by atoms with van der Waals surface area (Å²) in [6.45, 7) is 3.18. The Bertz CT molecular complexity index is 650. The number of guanidine groups is 1. The number of rotatable bonds is 6. The molecule has 0 amide bonds. The molecule has 2 aliphatic carbocycles. The monoisotopic (exact) mass is 410 g/mol. The Balaban J connectivity index is 1.54. The van der Waals surface area contributed by atoms with E-state index in [0.717, 1.165) is 12.5 Å². The van der Waals surface area contributed by atoms with Crippen LogP contribution in [0.5, 0.6) is 0 Å². The third kappa shape index (κ3) is 4.52. The van der Waals surface area contributed by atoms with Gasteiger partial charge < -0.3 is 10.6 Å². The van der Waals surface area contributed by atoms with E-state index in [0.29, 0.717) is 35.1 Å². The minimum atomic E-state index is -5.23. The van der Waals surface area contributed by atoms with Gasteiger partial charge in [-0.3, -0.25) is 4.99 Å². The number of nitrogens with zero attached hydrogens (tertiary/aromatic N) is 2. The first-order chi connectivity index (χ1) is 12.7. The van der Waals surface area contributed by atoms with Gasteiger partial charge in [-0.25, -0.2) is 8.42 Å². The molecule has 3 fully saturated rings. The van der Waals surface area contributed by atoms with Gasteiger partial charge in [-0.2, -0.15) is 17.5 Å². The smallest absolute Gasteiger partial charge is 0.357 e. The molecule has 1 saturated heterocycles. The number of alkyl halides is 3. The minimum absolute atomic E-state index is 0.0826. The van der Waals surface area contributed by atoms with Gasteiger partial charge in [-0.05, 0) is 56.8 Å². The van der Waals surface area contributed by atoms with E-state index in [-0.39, 0.29) is 19.1 Å². The van der Waals surface area contributed by atoms with Crippen LogP contribution in [0, 0.1) is 11.3 Å². The van der Waals surface area contributed by atoms with Crippen LogP contribution in [0.3, 0.4) is 0 Å². The summed E-state index contributed by atoms with van der Waals surface area (Å²) in [5.74, 6) is 1.48. The van der Waals surface area contributed by atoms with Gasteiger partial charge in [0.25, 0.3) is 0 Å². The fraction of sp³-hybridized carbons (Fsp3) is 0.941. The molecule has 0 radical (unpaired) electrons. The zero-order valence-electron chi connectivity index (χ0n) is 15.7. The summed E-state index contributed by atoms with van der Waals surface area (Å²) in [6.07, 6.45) is 6.98. The van der Waals surface area contributed by atoms with Crippen LogP contribution in [0.25, 0.3) is 0 Å². The van der Waals surface area contributed by atoms with Crippen LogP contribution in [-0.2, 0) is 10.0 Å². The molecule has 27 heavy (non-hydrogen) atoms. The molecule has 0 spiro atoms. The largest absolute Gasteiger partial charge is 0.511 e. The molecule has 0 unspecified atom stereocenters. The van der Waals surface area contributed by atoms with Crippen molar-refractivity contribution in [2.24, 2.45) is 16.3 Å². The van der Waals surface area contributed by atoms with Gasteiger partial charge in [0.15, 0.2) is 5.96 Å². The molecule has 3 rings (SSSR count). The predicted octanol–water partition coefficient (Wildman–Crippen LogP) is 2.44. The lowest BCUT2D eigenvalue weighted by atomic mass is 9.65. The highest BCUT2D eigenvalue weighted by molar-refractivity contribution is 7.90. The molecule has 0 aromatic heterocycles. The zero-order valence-corrected chi connectivity index (χ0v) is 16.5. The molecular weight excluding hydrogens is 381 g/mol. The third-order valence-electron chi connectivity index (χ3n) is 6.12. The standard InChI is InChI=1S/C17H29F3N4O2S/c1-2-21-15(22-12-16(8-3-9-16)13-4-5-13)23-14-6-10-24(11-7-14)27(25,26)17(18,19)20/h13-14H,2-12H2,1H3,(H2,21,22,23). The molecule has 2 N–H and O–H groups in total. The van der Waals surface area contributed by atoms with Crippen molar-refractivity contribution in [1.29, 1.82) is 0 Å². The Morgan fingerprint density at radius 1 is 1.19 bits per heavy atom. The predicted molar refractivity (Wildman–Crippen MR) is 97.7 cm³/mol. The lowest BCUT2D eigenvalue weighted by Gasteiger charge is -2.41. The van der Waals surface area contributed by atoms with Crippen LogP contribution in [0.15, 0.2) is 4.99 Å². The van der Waals surface area contributed by atoms with E-state index in [1.807, 2.05) is 6.92 Å². The zero-order chi connectivity index (χ0) is 19.7. The highest BCUT2D eigenvalue weighted by Crippen LogP contribution is 2.57. The molecular formula is C17H29F3N4O2S. The first-order valence-corrected chi connectivity index (χ1v) is 11.2. The van der Waals surface area contributed by atoms with E-state index in [2.05, 4.69) is 10.6 Å². The van der Waals surface area contributed by atoms with Crippen molar-refractivity contribution < 1.29 is 21.6 Å². The lowest BCUT2D eigenvalue weighted by Crippen LogP contribution is -2.52. The molecule has 10 heteroatoms. The summed E-state index contributed by atoms with van der Waals surface area (Å²) in [6, 6.07) is -0.0826. The molecule has 156 valence electrons. The van der Waals surface area contributed by atoms with Crippen molar-refractivity contribution in [3.8, 4) is 0 Å². The number of sulfonamides is 1. The van der Waals surface area contributed by atoms with E-state index in [9.17, 15) is 21.6 Å². The summed E-state index contributed by atoms with van der Waals surface area (Å²) in [7, 11) is -5.23. The Morgan fingerprint density at radius 3 is 2.26 bits per heavy atom. The summed E-state index contributed by atoms with van der Waals surface area (Å²) in [5, 5.41) is 6.49. The SMILES string of the molecule is CCNC(=NCC1(C2CC2)CCC1)NC1CCN(S(=O)(=O)C(F)(F)F)CC1.